The standard InChI is InChI=1S/C51H64N12O12S2/c1-25(2)38-49(72)74-22-36(59-42(65)34-21-53-30-17-13-15-19-32(30)57-34)44(67)55-28(6)46(69)63(10)40-48(71)62(9)39(26(3)4)50(73)75-23-35(58-41(64)33-20-52-29-16-12-14-18-31(29)56-33)43(66)54-27(5)45(68)60(7)37(47(70)61(38)8)24-77-51(40)76-11/h12-21,25-28,35-40,51H,22-24H2,1-11H3,(H,54,66)(H,55,67)(H,58,64)(H,59,65)/t27-,28-,35+,36+,37-,38-,39-,40+,51-/m0/s1. The number of nitrogens with one attached hydrogen (secondary N) is 4. The number of para-hydroxylation sites is 4. The van der Waals surface area contributed by atoms with Gasteiger partial charge in [-0.15, -0.1) is 23.5 Å². The number of carbonyl (C=O) groups excluding carboxylic acids is 10. The Hall–Kier alpha value is -7.48. The summed E-state index contributed by atoms with van der Waals surface area (Å²) in [5.74, 6) is -10.4. The summed E-state index contributed by atoms with van der Waals surface area (Å²) in [6.07, 6.45) is 4.06. The maximum absolute atomic E-state index is 15.2. The summed E-state index contributed by atoms with van der Waals surface area (Å²) in [6.45, 7) is 7.69. The molecular weight excluding hydrogens is 1040 g/mol. The third-order valence-electron chi connectivity index (χ3n) is 13.2. The van der Waals surface area contributed by atoms with Crippen molar-refractivity contribution < 1.29 is 57.4 Å². The van der Waals surface area contributed by atoms with Crippen LogP contribution in [0.15, 0.2) is 60.9 Å². The Labute approximate surface area is 453 Å². The minimum Gasteiger partial charge on any atom is -0.461 e. The van der Waals surface area contributed by atoms with E-state index in [1.54, 1.807) is 82.5 Å². The molecule has 4 N–H and O–H groups in total. The van der Waals surface area contributed by atoms with Crippen LogP contribution < -0.4 is 21.3 Å². The molecule has 0 radical (unpaired) electrons. The number of cyclic esters (lactones) is 2. The van der Waals surface area contributed by atoms with E-state index in [0.717, 1.165) is 43.1 Å². The van der Waals surface area contributed by atoms with Crippen LogP contribution >= 0.6 is 23.5 Å². The molecule has 412 valence electrons. The van der Waals surface area contributed by atoms with Gasteiger partial charge < -0.3 is 50.3 Å². The molecule has 2 fully saturated rings. The first-order chi connectivity index (χ1) is 36.4. The molecule has 8 amide bonds. The first-order valence-corrected chi connectivity index (χ1v) is 27.0. The SMILES string of the molecule is CS[C@H]1SC[C@H]2C(=O)N(C)[C@@H](C(C)C)C(=O)OC[C@@H](NC(=O)c3cnc4ccccc4n3)C(=O)N[C@@H](C)C(=O)N(C)[C@@H]1C(=O)N(C)[C@@H](C(C)C)C(=O)OC[C@@H](NC(=O)c1cnc3ccccc3n1)C(=O)N[C@@H](C)C(=O)N2C. The van der Waals surface area contributed by atoms with Crippen LogP contribution in [-0.4, -0.2) is 205 Å². The van der Waals surface area contributed by atoms with Gasteiger partial charge in [0.1, 0.15) is 72.9 Å². The Kier molecular flexibility index (Phi) is 19.5. The highest BCUT2D eigenvalue weighted by Gasteiger charge is 2.45. The molecule has 26 heteroatoms. The number of fused-ring (bicyclic) bond motifs is 6. The van der Waals surface area contributed by atoms with Gasteiger partial charge in [0, 0.05) is 33.9 Å². The number of hydrogen-bond acceptors (Lipinski definition) is 18. The normalized spacial score (nSPS) is 25.4. The summed E-state index contributed by atoms with van der Waals surface area (Å²) in [4.78, 5) is 166. The van der Waals surface area contributed by atoms with Crippen molar-refractivity contribution in [2.75, 3.05) is 53.4 Å². The summed E-state index contributed by atoms with van der Waals surface area (Å²) in [5, 5.41) is 10.2. The molecule has 0 spiro atoms. The molecule has 4 aromatic rings. The summed E-state index contributed by atoms with van der Waals surface area (Å²) in [6, 6.07) is 1.79. The first-order valence-electron chi connectivity index (χ1n) is 24.7. The van der Waals surface area contributed by atoms with Gasteiger partial charge in [-0.2, -0.15) is 0 Å². The fourth-order valence-corrected chi connectivity index (χ4v) is 11.4. The fraction of sp³-hybridized carbons (Fsp3) is 0.490. The van der Waals surface area contributed by atoms with Crippen LogP contribution in [0.25, 0.3) is 22.1 Å². The molecule has 0 saturated carbocycles. The molecule has 2 bridgehead atoms. The van der Waals surface area contributed by atoms with Gasteiger partial charge in [0.2, 0.25) is 35.4 Å². The van der Waals surface area contributed by atoms with Crippen molar-refractivity contribution in [3.63, 3.8) is 0 Å². The van der Waals surface area contributed by atoms with Crippen molar-refractivity contribution >= 4 is 105 Å². The Balaban J connectivity index is 1.43. The van der Waals surface area contributed by atoms with E-state index in [1.807, 2.05) is 0 Å². The monoisotopic (exact) mass is 1100 g/mol. The van der Waals surface area contributed by atoms with Crippen LogP contribution in [0.2, 0.25) is 0 Å². The molecule has 2 aliphatic rings. The fourth-order valence-electron chi connectivity index (χ4n) is 8.88. The average molecular weight is 1100 g/mol. The van der Waals surface area contributed by atoms with Crippen LogP contribution in [-0.2, 0) is 47.8 Å². The molecule has 2 aliphatic heterocycles. The molecule has 6 rings (SSSR count). The van der Waals surface area contributed by atoms with Gasteiger partial charge in [-0.25, -0.2) is 19.6 Å². The maximum atomic E-state index is 15.2. The molecule has 2 aromatic heterocycles. The zero-order valence-corrected chi connectivity index (χ0v) is 46.2. The molecule has 4 heterocycles. The van der Waals surface area contributed by atoms with E-state index in [1.165, 1.54) is 54.4 Å². The zero-order valence-electron chi connectivity index (χ0n) is 44.5. The van der Waals surface area contributed by atoms with Gasteiger partial charge in [0.05, 0.1) is 39.0 Å². The van der Waals surface area contributed by atoms with E-state index in [0.29, 0.717) is 22.1 Å². The molecule has 0 aliphatic carbocycles. The van der Waals surface area contributed by atoms with Crippen molar-refractivity contribution in [1.82, 2.24) is 60.8 Å². The largest absolute Gasteiger partial charge is 0.461 e. The van der Waals surface area contributed by atoms with E-state index in [2.05, 4.69) is 41.2 Å². The number of amides is 8. The van der Waals surface area contributed by atoms with Crippen molar-refractivity contribution in [2.24, 2.45) is 11.8 Å². The van der Waals surface area contributed by atoms with E-state index in [-0.39, 0.29) is 17.1 Å². The number of nitrogens with zero attached hydrogens (tertiary/aromatic N) is 8. The summed E-state index contributed by atoms with van der Waals surface area (Å²) >= 11 is 2.16. The van der Waals surface area contributed by atoms with E-state index >= 15 is 9.59 Å². The number of ether oxygens (including phenoxy) is 2. The second-order valence-electron chi connectivity index (χ2n) is 19.3. The van der Waals surface area contributed by atoms with Gasteiger partial charge in [0.15, 0.2) is 0 Å². The minimum atomic E-state index is -1.66. The average Bonchev–Trinajstić information content (AvgIpc) is 3.40. The lowest BCUT2D eigenvalue weighted by atomic mass is 10.0. The highest BCUT2D eigenvalue weighted by Crippen LogP contribution is 2.32. The van der Waals surface area contributed by atoms with Crippen LogP contribution in [0.3, 0.4) is 0 Å². The number of rotatable bonds is 7. The number of thioether (sulfide) groups is 2. The molecule has 24 nitrogen and oxygen atoms in total. The van der Waals surface area contributed by atoms with Gasteiger partial charge in [-0.05, 0) is 56.2 Å². The lowest BCUT2D eigenvalue weighted by molar-refractivity contribution is -0.160. The quantitative estimate of drug-likeness (QED) is 0.185. The Bertz CT molecular complexity index is 2930. The van der Waals surface area contributed by atoms with Crippen molar-refractivity contribution in [3.05, 3.63) is 72.3 Å². The van der Waals surface area contributed by atoms with Crippen LogP contribution in [0.1, 0.15) is 62.5 Å². The minimum absolute atomic E-state index is 0.182. The maximum Gasteiger partial charge on any atom is 0.329 e. The van der Waals surface area contributed by atoms with E-state index in [9.17, 15) is 38.4 Å². The van der Waals surface area contributed by atoms with Crippen molar-refractivity contribution in [3.8, 4) is 0 Å². The predicted molar refractivity (Wildman–Crippen MR) is 284 cm³/mol. The first kappa shape index (κ1) is 58.8. The molecular formula is C51H64N12O12S2. The van der Waals surface area contributed by atoms with Gasteiger partial charge in [0.25, 0.3) is 11.8 Å². The smallest absolute Gasteiger partial charge is 0.329 e. The van der Waals surface area contributed by atoms with Crippen molar-refractivity contribution in [2.45, 2.75) is 94.5 Å². The number of carbonyl (C=O) groups is 10. The summed E-state index contributed by atoms with van der Waals surface area (Å²) in [5.41, 5.74) is 1.38. The Morgan fingerprint density at radius 3 is 1.43 bits per heavy atom. The highest BCUT2D eigenvalue weighted by atomic mass is 32.2. The molecule has 9 atom stereocenters. The number of likely N-dealkylation sites (N-methyl/N-ethyl adjacent to an activating group) is 4. The Morgan fingerprint density at radius 1 is 0.610 bits per heavy atom. The molecule has 0 unspecified atom stereocenters. The lowest BCUT2D eigenvalue weighted by Gasteiger charge is -2.40. The number of esters is 2. The van der Waals surface area contributed by atoms with Gasteiger partial charge in [-0.1, -0.05) is 52.0 Å². The predicted octanol–water partition coefficient (Wildman–Crippen LogP) is 0.635. The second-order valence-corrected chi connectivity index (χ2v) is 21.8. The van der Waals surface area contributed by atoms with Crippen LogP contribution in [0, 0.1) is 11.8 Å². The molecule has 2 aromatic carbocycles. The van der Waals surface area contributed by atoms with E-state index in [4.69, 9.17) is 9.47 Å². The van der Waals surface area contributed by atoms with Gasteiger partial charge in [-0.3, -0.25) is 48.3 Å². The lowest BCUT2D eigenvalue weighted by Crippen LogP contribution is -2.60. The zero-order chi connectivity index (χ0) is 56.6. The molecule has 2 saturated heterocycles. The summed E-state index contributed by atoms with van der Waals surface area (Å²) < 4.78 is 10.5. The number of hydrogen-bond donors (Lipinski definition) is 4. The third kappa shape index (κ3) is 13.6. The third-order valence-corrected chi connectivity index (χ3v) is 16.0. The van der Waals surface area contributed by atoms with E-state index < -0.39 is 137 Å². The summed E-state index contributed by atoms with van der Waals surface area (Å²) in [7, 11) is 5.32. The van der Waals surface area contributed by atoms with Crippen LogP contribution in [0.5, 0.6) is 0 Å². The van der Waals surface area contributed by atoms with Crippen molar-refractivity contribution in [1.29, 1.82) is 0 Å². The van der Waals surface area contributed by atoms with Crippen LogP contribution in [0.4, 0.5) is 0 Å². The number of benzene rings is 2. The topological polar surface area (TPSA) is 302 Å². The Morgan fingerprint density at radius 2 is 1.01 bits per heavy atom. The van der Waals surface area contributed by atoms with Gasteiger partial charge >= 0.3 is 11.9 Å². The highest BCUT2D eigenvalue weighted by molar-refractivity contribution is 8.16. The number of aromatic nitrogens is 4. The second kappa shape index (κ2) is 25.6. The molecule has 77 heavy (non-hydrogen) atoms.